The van der Waals surface area contributed by atoms with E-state index in [1.165, 1.54) is 0 Å². The molecule has 0 saturated carbocycles. The molecule has 0 radical (unpaired) electrons. The lowest BCUT2D eigenvalue weighted by atomic mass is 9.99. The van der Waals surface area contributed by atoms with Gasteiger partial charge in [0.1, 0.15) is 11.7 Å². The van der Waals surface area contributed by atoms with Crippen LogP contribution in [0.5, 0.6) is 0 Å². The first kappa shape index (κ1) is 23.5. The van der Waals surface area contributed by atoms with Crippen LogP contribution in [0.15, 0.2) is 35.9 Å². The molecule has 34 heavy (non-hydrogen) atoms. The van der Waals surface area contributed by atoms with Crippen molar-refractivity contribution < 1.29 is 14.3 Å². The number of fused-ring (bicyclic) bond motifs is 1. The number of nitrogen functional groups attached to an aromatic ring is 1. The number of hydrogen-bond donors (Lipinski definition) is 2. The molecule has 4 rings (SSSR count). The molecule has 1 unspecified atom stereocenters. The van der Waals surface area contributed by atoms with Gasteiger partial charge in [-0.05, 0) is 43.4 Å². The normalized spacial score (nSPS) is 17.0. The largest absolute Gasteiger partial charge is 0.465 e. The van der Waals surface area contributed by atoms with Gasteiger partial charge in [0.15, 0.2) is 5.92 Å². The highest BCUT2D eigenvalue weighted by atomic mass is 16.5. The Balaban J connectivity index is 1.60. The second kappa shape index (κ2) is 10.1. The van der Waals surface area contributed by atoms with E-state index in [1.54, 1.807) is 17.9 Å². The molecule has 1 amide bonds. The van der Waals surface area contributed by atoms with Gasteiger partial charge in [-0.25, -0.2) is 4.98 Å². The highest BCUT2D eigenvalue weighted by molar-refractivity contribution is 6.00. The van der Waals surface area contributed by atoms with Crippen LogP contribution in [0.2, 0.25) is 0 Å². The lowest BCUT2D eigenvalue weighted by molar-refractivity contribution is -0.152. The third-order valence-electron chi connectivity index (χ3n) is 6.35. The summed E-state index contributed by atoms with van der Waals surface area (Å²) in [6.45, 7) is 3.37. The number of amides is 1. The first-order valence-corrected chi connectivity index (χ1v) is 11.7. The summed E-state index contributed by atoms with van der Waals surface area (Å²) in [7, 11) is 1.99. The maximum Gasteiger partial charge on any atom is 0.322 e. The molecule has 1 aromatic heterocycles. The minimum Gasteiger partial charge on any atom is -0.465 e. The zero-order valence-electron chi connectivity index (χ0n) is 19.7. The van der Waals surface area contributed by atoms with Crippen LogP contribution in [-0.2, 0) is 27.8 Å². The monoisotopic (exact) mass is 461 g/mol. The standard InChI is InChI=1S/C26H31N5O3/c1-3-34-26(33)20(25(32)31-12-4-5-13-31)14-18-8-11-22-21(15-18)29-23(30(22)2)16-17-6-9-19(10-7-17)24(27)28/h6-7,9-11,14-15,20H,3-5,8,12-13,16H2,1-2H3,(H3,27,28). The molecule has 0 bridgehead atoms. The fraction of sp³-hybridized carbons (Fsp3) is 0.385. The fourth-order valence-corrected chi connectivity index (χ4v) is 4.46. The Kier molecular flexibility index (Phi) is 6.95. The number of allylic oxidation sites excluding steroid dienone is 1. The number of imidazole rings is 1. The number of ether oxygens (including phenoxy) is 1. The number of nitrogens with one attached hydrogen (secondary N) is 1. The zero-order valence-corrected chi connectivity index (χ0v) is 19.7. The van der Waals surface area contributed by atoms with Gasteiger partial charge in [-0.15, -0.1) is 0 Å². The van der Waals surface area contributed by atoms with E-state index in [0.29, 0.717) is 31.5 Å². The van der Waals surface area contributed by atoms with Gasteiger partial charge in [0.05, 0.1) is 17.3 Å². The molecule has 1 aromatic carbocycles. The lowest BCUT2D eigenvalue weighted by Crippen LogP contribution is -2.38. The number of benzene rings is 1. The average molecular weight is 462 g/mol. The summed E-state index contributed by atoms with van der Waals surface area (Å²) in [6, 6.07) is 7.59. The van der Waals surface area contributed by atoms with Crippen LogP contribution in [0.3, 0.4) is 0 Å². The molecule has 2 aliphatic rings. The van der Waals surface area contributed by atoms with Crippen molar-refractivity contribution in [2.75, 3.05) is 19.7 Å². The number of carbonyl (C=O) groups excluding carboxylic acids is 2. The molecule has 1 aliphatic heterocycles. The van der Waals surface area contributed by atoms with E-state index in [4.69, 9.17) is 20.9 Å². The Morgan fingerprint density at radius 3 is 2.59 bits per heavy atom. The Labute approximate surface area is 198 Å². The summed E-state index contributed by atoms with van der Waals surface area (Å²) in [5.41, 5.74) is 8.19. The molecular formula is C26H31N5O3. The van der Waals surface area contributed by atoms with Gasteiger partial charge in [-0.2, -0.15) is 0 Å². The Hall–Kier alpha value is -3.68. The topological polar surface area (TPSA) is 114 Å². The van der Waals surface area contributed by atoms with E-state index in [2.05, 4.69) is 10.6 Å². The molecule has 1 aliphatic carbocycles. The number of aromatic nitrogens is 2. The maximum atomic E-state index is 13.0. The van der Waals surface area contributed by atoms with Crippen LogP contribution in [0.25, 0.3) is 12.2 Å². The summed E-state index contributed by atoms with van der Waals surface area (Å²) in [5.74, 6) is -0.654. The second-order valence-electron chi connectivity index (χ2n) is 8.70. The van der Waals surface area contributed by atoms with Crippen molar-refractivity contribution in [3.05, 3.63) is 63.6 Å². The minimum absolute atomic E-state index is 0.0480. The number of nitrogens with zero attached hydrogens (tertiary/aromatic N) is 3. The van der Waals surface area contributed by atoms with Crippen molar-refractivity contribution in [3.8, 4) is 0 Å². The number of likely N-dealkylation sites (tertiary alicyclic amines) is 1. The Bertz CT molecular complexity index is 1250. The van der Waals surface area contributed by atoms with Gasteiger partial charge in [0.25, 0.3) is 0 Å². The molecule has 178 valence electrons. The minimum atomic E-state index is -0.928. The first-order valence-electron chi connectivity index (χ1n) is 11.7. The van der Waals surface area contributed by atoms with Gasteiger partial charge in [-0.3, -0.25) is 15.0 Å². The van der Waals surface area contributed by atoms with Crippen LogP contribution in [0.1, 0.15) is 43.1 Å². The summed E-state index contributed by atoms with van der Waals surface area (Å²) < 4.78 is 7.28. The fourth-order valence-electron chi connectivity index (χ4n) is 4.46. The van der Waals surface area contributed by atoms with Crippen molar-refractivity contribution in [3.63, 3.8) is 0 Å². The smallest absolute Gasteiger partial charge is 0.322 e. The highest BCUT2D eigenvalue weighted by Crippen LogP contribution is 2.19. The van der Waals surface area contributed by atoms with Gasteiger partial charge >= 0.3 is 5.97 Å². The van der Waals surface area contributed by atoms with Crippen LogP contribution in [-0.4, -0.2) is 51.9 Å². The molecule has 1 fully saturated rings. The predicted molar refractivity (Wildman–Crippen MR) is 130 cm³/mol. The quantitative estimate of drug-likeness (QED) is 0.276. The summed E-state index contributed by atoms with van der Waals surface area (Å²) in [6.07, 6.45) is 8.97. The van der Waals surface area contributed by atoms with Crippen molar-refractivity contribution >= 4 is 29.9 Å². The second-order valence-corrected chi connectivity index (χ2v) is 8.70. The molecule has 2 heterocycles. The average Bonchev–Trinajstić information content (AvgIpc) is 3.46. The molecule has 1 atom stereocenters. The molecule has 8 nitrogen and oxygen atoms in total. The summed E-state index contributed by atoms with van der Waals surface area (Å²) >= 11 is 0. The summed E-state index contributed by atoms with van der Waals surface area (Å²) in [5, 5.41) is 9.38. The highest BCUT2D eigenvalue weighted by Gasteiger charge is 2.32. The molecule has 8 heteroatoms. The number of rotatable bonds is 7. The van der Waals surface area contributed by atoms with Crippen LogP contribution < -0.4 is 16.4 Å². The van der Waals surface area contributed by atoms with E-state index in [0.717, 1.165) is 40.5 Å². The van der Waals surface area contributed by atoms with E-state index in [-0.39, 0.29) is 18.3 Å². The van der Waals surface area contributed by atoms with Crippen LogP contribution in [0.4, 0.5) is 0 Å². The van der Waals surface area contributed by atoms with Crippen molar-refractivity contribution in [1.29, 1.82) is 5.41 Å². The molecule has 1 saturated heterocycles. The summed E-state index contributed by atoms with van der Waals surface area (Å²) in [4.78, 5) is 32.2. The van der Waals surface area contributed by atoms with Crippen LogP contribution in [0, 0.1) is 11.3 Å². The van der Waals surface area contributed by atoms with Gasteiger partial charge < -0.3 is 19.9 Å². The molecule has 2 aromatic rings. The maximum absolute atomic E-state index is 13.0. The van der Waals surface area contributed by atoms with Gasteiger partial charge in [0.2, 0.25) is 5.91 Å². The number of carbonyl (C=O) groups is 2. The zero-order chi connectivity index (χ0) is 24.2. The van der Waals surface area contributed by atoms with Gasteiger partial charge in [-0.1, -0.05) is 36.4 Å². The lowest BCUT2D eigenvalue weighted by Gasteiger charge is -2.20. The number of amidine groups is 1. The predicted octanol–water partition coefficient (Wildman–Crippen LogP) is 0.988. The third kappa shape index (κ3) is 4.95. The van der Waals surface area contributed by atoms with Crippen molar-refractivity contribution in [2.45, 2.75) is 32.6 Å². The number of esters is 1. The molecular weight excluding hydrogens is 430 g/mol. The van der Waals surface area contributed by atoms with E-state index in [1.807, 2.05) is 37.4 Å². The van der Waals surface area contributed by atoms with Crippen molar-refractivity contribution in [1.82, 2.24) is 14.5 Å². The van der Waals surface area contributed by atoms with E-state index >= 15 is 0 Å². The van der Waals surface area contributed by atoms with Crippen molar-refractivity contribution in [2.24, 2.45) is 18.7 Å². The molecule has 0 spiro atoms. The van der Waals surface area contributed by atoms with E-state index in [9.17, 15) is 9.59 Å². The Morgan fingerprint density at radius 1 is 1.24 bits per heavy atom. The van der Waals surface area contributed by atoms with Crippen LogP contribution >= 0.6 is 0 Å². The first-order chi connectivity index (χ1) is 16.4. The Morgan fingerprint density at radius 2 is 1.94 bits per heavy atom. The third-order valence-corrected chi connectivity index (χ3v) is 6.35. The SMILES string of the molecule is CCOC(=O)C(C=C1C=c2nc(Cc3ccc(C(=N)N)cc3)n(C)c2=CC1)C(=O)N1CCCC1. The molecule has 3 N–H and O–H groups in total. The van der Waals surface area contributed by atoms with E-state index < -0.39 is 11.9 Å². The number of nitrogens with two attached hydrogens (primary N) is 1. The van der Waals surface area contributed by atoms with Gasteiger partial charge in [0, 0.05) is 32.1 Å². The number of hydrogen-bond acceptors (Lipinski definition) is 5.